The standard InChI is InChI=1S/C16H18N2O2/c17-16(19)12-20-15-8-6-14(7-9-15)11-18-10-13-4-2-1-3-5-13/h1-9,18H,10-12H2,(H2,17,19). The van der Waals surface area contributed by atoms with Crippen LogP contribution in [0.4, 0.5) is 0 Å². The molecule has 2 aromatic carbocycles. The highest BCUT2D eigenvalue weighted by atomic mass is 16.5. The molecule has 0 atom stereocenters. The first-order chi connectivity index (χ1) is 9.74. The summed E-state index contributed by atoms with van der Waals surface area (Å²) in [7, 11) is 0. The van der Waals surface area contributed by atoms with Gasteiger partial charge in [-0.2, -0.15) is 0 Å². The van der Waals surface area contributed by atoms with E-state index < -0.39 is 5.91 Å². The van der Waals surface area contributed by atoms with Crippen molar-refractivity contribution in [3.8, 4) is 5.75 Å². The minimum absolute atomic E-state index is 0.0917. The average molecular weight is 270 g/mol. The van der Waals surface area contributed by atoms with Gasteiger partial charge in [-0.25, -0.2) is 0 Å². The van der Waals surface area contributed by atoms with Gasteiger partial charge in [0, 0.05) is 13.1 Å². The van der Waals surface area contributed by atoms with E-state index in [0.717, 1.165) is 18.7 Å². The van der Waals surface area contributed by atoms with Crippen LogP contribution in [0.2, 0.25) is 0 Å². The number of hydrogen-bond donors (Lipinski definition) is 2. The van der Waals surface area contributed by atoms with Gasteiger partial charge in [0.25, 0.3) is 5.91 Å². The lowest BCUT2D eigenvalue weighted by molar-refractivity contribution is -0.119. The van der Waals surface area contributed by atoms with Gasteiger partial charge in [0.05, 0.1) is 0 Å². The lowest BCUT2D eigenvalue weighted by Crippen LogP contribution is -2.20. The highest BCUT2D eigenvalue weighted by Crippen LogP contribution is 2.12. The second kappa shape index (κ2) is 7.31. The number of ether oxygens (including phenoxy) is 1. The Morgan fingerprint density at radius 1 is 0.950 bits per heavy atom. The molecule has 0 aliphatic carbocycles. The number of carbonyl (C=O) groups is 1. The van der Waals surface area contributed by atoms with Crippen molar-refractivity contribution in [1.29, 1.82) is 0 Å². The van der Waals surface area contributed by atoms with Gasteiger partial charge in [-0.15, -0.1) is 0 Å². The molecule has 3 N–H and O–H groups in total. The summed E-state index contributed by atoms with van der Waals surface area (Å²) in [5.41, 5.74) is 7.44. The maximum atomic E-state index is 10.6. The summed E-state index contributed by atoms with van der Waals surface area (Å²) in [6, 6.07) is 17.9. The number of rotatable bonds is 7. The number of primary amides is 1. The van der Waals surface area contributed by atoms with Crippen LogP contribution in [0.25, 0.3) is 0 Å². The van der Waals surface area contributed by atoms with E-state index in [0.29, 0.717) is 5.75 Å². The smallest absolute Gasteiger partial charge is 0.255 e. The molecule has 0 aliphatic rings. The van der Waals surface area contributed by atoms with E-state index in [1.807, 2.05) is 42.5 Å². The summed E-state index contributed by atoms with van der Waals surface area (Å²) in [6.07, 6.45) is 0. The molecule has 2 aromatic rings. The van der Waals surface area contributed by atoms with Crippen molar-refractivity contribution in [2.45, 2.75) is 13.1 Å². The topological polar surface area (TPSA) is 64.4 Å². The molecule has 104 valence electrons. The van der Waals surface area contributed by atoms with Gasteiger partial charge in [0.1, 0.15) is 5.75 Å². The van der Waals surface area contributed by atoms with Crippen molar-refractivity contribution in [3.63, 3.8) is 0 Å². The maximum Gasteiger partial charge on any atom is 0.255 e. The fraction of sp³-hybridized carbons (Fsp3) is 0.188. The zero-order chi connectivity index (χ0) is 14.2. The van der Waals surface area contributed by atoms with Crippen molar-refractivity contribution in [2.24, 2.45) is 5.73 Å². The third kappa shape index (κ3) is 4.74. The van der Waals surface area contributed by atoms with Crippen LogP contribution in [0.1, 0.15) is 11.1 Å². The van der Waals surface area contributed by atoms with Crippen molar-refractivity contribution in [3.05, 3.63) is 65.7 Å². The SMILES string of the molecule is NC(=O)COc1ccc(CNCc2ccccc2)cc1. The number of hydrogen-bond acceptors (Lipinski definition) is 3. The normalized spacial score (nSPS) is 10.2. The summed E-state index contributed by atoms with van der Waals surface area (Å²) in [5.74, 6) is 0.175. The van der Waals surface area contributed by atoms with Gasteiger partial charge < -0.3 is 15.8 Å². The lowest BCUT2D eigenvalue weighted by Gasteiger charge is -2.07. The lowest BCUT2D eigenvalue weighted by atomic mass is 10.2. The third-order valence-corrected chi connectivity index (χ3v) is 2.81. The molecule has 0 unspecified atom stereocenters. The molecule has 20 heavy (non-hydrogen) atoms. The van der Waals surface area contributed by atoms with E-state index in [2.05, 4.69) is 17.4 Å². The minimum atomic E-state index is -0.474. The number of benzene rings is 2. The second-order valence-electron chi connectivity index (χ2n) is 4.49. The Kier molecular flexibility index (Phi) is 5.15. The Morgan fingerprint density at radius 2 is 1.55 bits per heavy atom. The van der Waals surface area contributed by atoms with Crippen LogP contribution in [0.15, 0.2) is 54.6 Å². The van der Waals surface area contributed by atoms with Gasteiger partial charge in [-0.3, -0.25) is 4.79 Å². The van der Waals surface area contributed by atoms with E-state index in [4.69, 9.17) is 10.5 Å². The monoisotopic (exact) mass is 270 g/mol. The first-order valence-corrected chi connectivity index (χ1v) is 6.49. The van der Waals surface area contributed by atoms with Crippen LogP contribution < -0.4 is 15.8 Å². The summed E-state index contributed by atoms with van der Waals surface area (Å²) in [5, 5.41) is 3.37. The largest absolute Gasteiger partial charge is 0.484 e. The Balaban J connectivity index is 1.77. The van der Waals surface area contributed by atoms with Crippen molar-refractivity contribution in [1.82, 2.24) is 5.32 Å². The molecule has 0 fully saturated rings. The molecule has 0 saturated carbocycles. The van der Waals surface area contributed by atoms with E-state index >= 15 is 0 Å². The molecule has 4 heteroatoms. The summed E-state index contributed by atoms with van der Waals surface area (Å²) < 4.78 is 5.20. The molecule has 1 amide bonds. The molecule has 0 radical (unpaired) electrons. The first kappa shape index (κ1) is 14.1. The Labute approximate surface area is 118 Å². The molecule has 0 bridgehead atoms. The molecule has 0 aliphatic heterocycles. The zero-order valence-electron chi connectivity index (χ0n) is 11.2. The molecule has 0 aromatic heterocycles. The molecular formula is C16H18N2O2. The number of carbonyl (C=O) groups excluding carboxylic acids is 1. The predicted molar refractivity (Wildman–Crippen MR) is 78.1 cm³/mol. The van der Waals surface area contributed by atoms with Crippen LogP contribution in [-0.2, 0) is 17.9 Å². The van der Waals surface area contributed by atoms with Crippen molar-refractivity contribution < 1.29 is 9.53 Å². The summed E-state index contributed by atoms with van der Waals surface area (Å²) in [4.78, 5) is 10.6. The van der Waals surface area contributed by atoms with Crippen LogP contribution in [0.3, 0.4) is 0 Å². The Bertz CT molecular complexity index is 538. The number of nitrogens with one attached hydrogen (secondary N) is 1. The van der Waals surface area contributed by atoms with E-state index in [1.54, 1.807) is 0 Å². The summed E-state index contributed by atoms with van der Waals surface area (Å²) >= 11 is 0. The molecule has 0 saturated heterocycles. The maximum absolute atomic E-state index is 10.6. The fourth-order valence-corrected chi connectivity index (χ4v) is 1.81. The molecule has 0 heterocycles. The molecule has 2 rings (SSSR count). The highest BCUT2D eigenvalue weighted by Gasteiger charge is 1.98. The molecule has 0 spiro atoms. The summed E-state index contributed by atoms with van der Waals surface area (Å²) in [6.45, 7) is 1.53. The second-order valence-corrected chi connectivity index (χ2v) is 4.49. The number of amides is 1. The van der Waals surface area contributed by atoms with E-state index in [1.165, 1.54) is 5.56 Å². The Hall–Kier alpha value is -2.33. The molecular weight excluding hydrogens is 252 g/mol. The van der Waals surface area contributed by atoms with Crippen molar-refractivity contribution >= 4 is 5.91 Å². The van der Waals surface area contributed by atoms with E-state index in [-0.39, 0.29) is 6.61 Å². The number of nitrogens with two attached hydrogens (primary N) is 1. The average Bonchev–Trinajstić information content (AvgIpc) is 2.47. The zero-order valence-corrected chi connectivity index (χ0v) is 11.2. The van der Waals surface area contributed by atoms with Gasteiger partial charge >= 0.3 is 0 Å². The quantitative estimate of drug-likeness (QED) is 0.807. The molecule has 4 nitrogen and oxygen atoms in total. The van der Waals surface area contributed by atoms with Gasteiger partial charge in [-0.1, -0.05) is 42.5 Å². The van der Waals surface area contributed by atoms with Crippen LogP contribution in [-0.4, -0.2) is 12.5 Å². The van der Waals surface area contributed by atoms with Crippen molar-refractivity contribution in [2.75, 3.05) is 6.61 Å². The van der Waals surface area contributed by atoms with Gasteiger partial charge in [0.15, 0.2) is 6.61 Å². The van der Waals surface area contributed by atoms with E-state index in [9.17, 15) is 4.79 Å². The van der Waals surface area contributed by atoms with Gasteiger partial charge in [0.2, 0.25) is 0 Å². The van der Waals surface area contributed by atoms with Crippen LogP contribution in [0.5, 0.6) is 5.75 Å². The van der Waals surface area contributed by atoms with Crippen LogP contribution in [0, 0.1) is 0 Å². The van der Waals surface area contributed by atoms with Gasteiger partial charge in [-0.05, 0) is 23.3 Å². The first-order valence-electron chi connectivity index (χ1n) is 6.49. The fourth-order valence-electron chi connectivity index (χ4n) is 1.81. The van der Waals surface area contributed by atoms with Crippen LogP contribution >= 0.6 is 0 Å². The Morgan fingerprint density at radius 3 is 2.15 bits per heavy atom. The highest BCUT2D eigenvalue weighted by molar-refractivity contribution is 5.75. The minimum Gasteiger partial charge on any atom is -0.484 e. The predicted octanol–water partition coefficient (Wildman–Crippen LogP) is 1.84. The third-order valence-electron chi connectivity index (χ3n) is 2.81.